The minimum atomic E-state index is -2.04. The van der Waals surface area contributed by atoms with E-state index in [4.69, 9.17) is 18.9 Å². The predicted octanol–water partition coefficient (Wildman–Crippen LogP) is 5.08. The van der Waals surface area contributed by atoms with Gasteiger partial charge in [0.1, 0.15) is 29.5 Å². The maximum atomic E-state index is 14.2. The van der Waals surface area contributed by atoms with Crippen molar-refractivity contribution in [3.8, 4) is 0 Å². The maximum absolute atomic E-state index is 14.2. The molecule has 5 aliphatic rings. The Balaban J connectivity index is 1.41. The Hall–Kier alpha value is -3.12. The van der Waals surface area contributed by atoms with Gasteiger partial charge in [-0.15, -0.1) is 0 Å². The smallest absolute Gasteiger partial charge is 0.337 e. The first-order chi connectivity index (χ1) is 24.2. The Bertz CT molecular complexity index is 1580. The van der Waals surface area contributed by atoms with Gasteiger partial charge >= 0.3 is 5.97 Å². The minimum Gasteiger partial charge on any atom is -0.459 e. The summed E-state index contributed by atoms with van der Waals surface area (Å²) in [5.41, 5.74) is -2.21. The third kappa shape index (κ3) is 7.41. The lowest BCUT2D eigenvalue weighted by atomic mass is 9.71. The van der Waals surface area contributed by atoms with Gasteiger partial charge in [0.25, 0.3) is 5.91 Å². The zero-order valence-electron chi connectivity index (χ0n) is 30.7. The Morgan fingerprint density at radius 3 is 2.59 bits per heavy atom. The van der Waals surface area contributed by atoms with Crippen LogP contribution in [0.2, 0.25) is 0 Å². The SMILES string of the molecule is CC[C@H](C)[C@H]1O[C@]2(CC[C@@H]1C)C[C@@H]1C[C@@H](C/C=C(\C)[C@H](NC(=O)c3ccccc3)[C@@H](C)/C=C/C=C3\CO[C@@H]4[C@H](O)[C@](C)(O)C=C(C(=O)O1)[C@]34O)O2. The lowest BCUT2D eigenvalue weighted by molar-refractivity contribution is -0.340. The largest absolute Gasteiger partial charge is 0.459 e. The van der Waals surface area contributed by atoms with Crippen LogP contribution in [0.4, 0.5) is 0 Å². The van der Waals surface area contributed by atoms with Crippen molar-refractivity contribution in [3.05, 3.63) is 83.0 Å². The number of fused-ring (bicyclic) bond motifs is 2. The number of carbonyl (C=O) groups excluding carboxylic acids is 2. The first-order valence-corrected chi connectivity index (χ1v) is 18.6. The van der Waals surface area contributed by atoms with Crippen molar-refractivity contribution in [3.63, 3.8) is 0 Å². The van der Waals surface area contributed by atoms with Crippen molar-refractivity contribution in [2.75, 3.05) is 6.61 Å². The minimum absolute atomic E-state index is 0.0263. The zero-order chi connectivity index (χ0) is 36.7. The van der Waals surface area contributed by atoms with Crippen LogP contribution in [0.15, 0.2) is 77.4 Å². The number of esters is 1. The van der Waals surface area contributed by atoms with E-state index >= 15 is 0 Å². The molecule has 3 saturated heterocycles. The van der Waals surface area contributed by atoms with Gasteiger partial charge < -0.3 is 39.6 Å². The van der Waals surface area contributed by atoms with E-state index in [1.807, 2.05) is 38.1 Å². The second-order valence-electron chi connectivity index (χ2n) is 15.8. The molecule has 1 aliphatic carbocycles. The number of benzene rings is 1. The molecule has 10 nitrogen and oxygen atoms in total. The van der Waals surface area contributed by atoms with E-state index in [2.05, 4.69) is 32.2 Å². The van der Waals surface area contributed by atoms with E-state index in [1.54, 1.807) is 24.3 Å². The second kappa shape index (κ2) is 14.7. The fourth-order valence-electron chi connectivity index (χ4n) is 8.55. The summed E-state index contributed by atoms with van der Waals surface area (Å²) in [4.78, 5) is 27.6. The molecule has 12 atom stereocenters. The van der Waals surface area contributed by atoms with E-state index in [1.165, 1.54) is 13.0 Å². The van der Waals surface area contributed by atoms with Gasteiger partial charge in [-0.05, 0) is 68.2 Å². The lowest BCUT2D eigenvalue weighted by Crippen LogP contribution is -2.61. The summed E-state index contributed by atoms with van der Waals surface area (Å²) < 4.78 is 25.9. The van der Waals surface area contributed by atoms with Crippen LogP contribution in [0.25, 0.3) is 0 Å². The summed E-state index contributed by atoms with van der Waals surface area (Å²) in [5.74, 6) is -1.49. The van der Waals surface area contributed by atoms with Gasteiger partial charge in [0.2, 0.25) is 0 Å². The molecule has 51 heavy (non-hydrogen) atoms. The highest BCUT2D eigenvalue weighted by atomic mass is 16.7. The molecule has 1 aromatic rings. The van der Waals surface area contributed by atoms with Crippen molar-refractivity contribution in [2.45, 2.75) is 134 Å². The van der Waals surface area contributed by atoms with Crippen LogP contribution in [0.1, 0.15) is 90.4 Å². The molecule has 0 unspecified atom stereocenters. The van der Waals surface area contributed by atoms with Gasteiger partial charge in [0, 0.05) is 24.8 Å². The third-order valence-corrected chi connectivity index (χ3v) is 11.8. The predicted molar refractivity (Wildman–Crippen MR) is 191 cm³/mol. The van der Waals surface area contributed by atoms with E-state index in [0.29, 0.717) is 48.7 Å². The Morgan fingerprint density at radius 2 is 1.86 bits per heavy atom. The summed E-state index contributed by atoms with van der Waals surface area (Å²) in [5, 5.41) is 37.8. The Kier molecular flexibility index (Phi) is 10.9. The van der Waals surface area contributed by atoms with Crippen LogP contribution in [-0.2, 0) is 23.7 Å². The molecule has 4 heterocycles. The lowest BCUT2D eigenvalue weighted by Gasteiger charge is -2.51. The van der Waals surface area contributed by atoms with Gasteiger partial charge in [0.15, 0.2) is 5.79 Å². The maximum Gasteiger partial charge on any atom is 0.337 e. The molecule has 1 amide bonds. The second-order valence-corrected chi connectivity index (χ2v) is 15.8. The summed E-state index contributed by atoms with van der Waals surface area (Å²) >= 11 is 0. The Morgan fingerprint density at radius 1 is 1.12 bits per heavy atom. The topological polar surface area (TPSA) is 144 Å². The third-order valence-electron chi connectivity index (χ3n) is 11.8. The molecule has 3 fully saturated rings. The van der Waals surface area contributed by atoms with Gasteiger partial charge in [-0.25, -0.2) is 4.79 Å². The quantitative estimate of drug-likeness (QED) is 0.249. The van der Waals surface area contributed by atoms with Gasteiger partial charge in [-0.3, -0.25) is 4.79 Å². The van der Waals surface area contributed by atoms with Crippen molar-refractivity contribution in [1.82, 2.24) is 5.32 Å². The molecular formula is C41H55NO9. The van der Waals surface area contributed by atoms with Gasteiger partial charge in [-0.2, -0.15) is 0 Å². The summed E-state index contributed by atoms with van der Waals surface area (Å²) in [7, 11) is 0. The van der Waals surface area contributed by atoms with Crippen LogP contribution < -0.4 is 5.32 Å². The number of carbonyl (C=O) groups is 2. The fourth-order valence-corrected chi connectivity index (χ4v) is 8.55. The summed E-state index contributed by atoms with van der Waals surface area (Å²) in [6, 6.07) is 8.72. The molecule has 0 radical (unpaired) electrons. The summed E-state index contributed by atoms with van der Waals surface area (Å²) in [6.45, 7) is 11.9. The van der Waals surface area contributed by atoms with E-state index < -0.39 is 41.3 Å². The molecule has 278 valence electrons. The number of hydrogen-bond acceptors (Lipinski definition) is 9. The van der Waals surface area contributed by atoms with E-state index in [-0.39, 0.29) is 42.3 Å². The molecule has 0 aromatic heterocycles. The Labute approximate surface area is 301 Å². The molecule has 1 aromatic carbocycles. The molecule has 6 rings (SSSR count). The first-order valence-electron chi connectivity index (χ1n) is 18.6. The number of allylic oxidation sites excluding steroid dienone is 2. The molecule has 10 heteroatoms. The summed E-state index contributed by atoms with van der Waals surface area (Å²) in [6.07, 6.45) is 8.55. The molecule has 4 N–H and O–H groups in total. The highest BCUT2D eigenvalue weighted by Crippen LogP contribution is 2.48. The van der Waals surface area contributed by atoms with E-state index in [9.17, 15) is 24.9 Å². The van der Waals surface area contributed by atoms with Crippen LogP contribution in [0.3, 0.4) is 0 Å². The normalized spacial score (nSPS) is 43.4. The van der Waals surface area contributed by atoms with Crippen LogP contribution in [0.5, 0.6) is 0 Å². The van der Waals surface area contributed by atoms with Crippen molar-refractivity contribution in [1.29, 1.82) is 0 Å². The van der Waals surface area contributed by atoms with Crippen LogP contribution in [-0.4, -0.2) is 87.4 Å². The number of amides is 1. The van der Waals surface area contributed by atoms with Crippen LogP contribution >= 0.6 is 0 Å². The number of aliphatic hydroxyl groups excluding tert-OH is 1. The highest BCUT2D eigenvalue weighted by Gasteiger charge is 2.61. The first kappa shape index (κ1) is 37.6. The molecule has 4 aliphatic heterocycles. The standard InChI is InChI=1S/C41H55NO9/c1-7-24(2)34-27(5)18-19-40(51-34)21-31-20-30(50-40)17-16-26(4)33(42-37(44)28-13-9-8-10-14-28)25(3)12-11-15-29-23-48-36-35(43)39(6,46)22-32(38(45)49-31)41(29,36)47/h8-16,22,24-25,27,30-31,33-36,43,46-47H,7,17-21,23H2,1-6H3,(H,42,44)/b12-11+,26-16+,29-15+/t24-,25-,27-,30+,31-,33+,34+,35-,36+,39+,40+,41+/m0/s1. The number of nitrogens with one attached hydrogen (secondary N) is 1. The molecular weight excluding hydrogens is 650 g/mol. The molecule has 1 spiro atoms. The number of ether oxygens (including phenoxy) is 4. The van der Waals surface area contributed by atoms with Gasteiger partial charge in [0.05, 0.1) is 30.4 Å². The van der Waals surface area contributed by atoms with Crippen molar-refractivity contribution in [2.24, 2.45) is 17.8 Å². The monoisotopic (exact) mass is 705 g/mol. The van der Waals surface area contributed by atoms with E-state index in [0.717, 1.165) is 18.4 Å². The fraction of sp³-hybridized carbons (Fsp3) is 0.610. The molecule has 2 bridgehead atoms. The zero-order valence-corrected chi connectivity index (χ0v) is 30.7. The van der Waals surface area contributed by atoms with Crippen molar-refractivity contribution >= 4 is 11.9 Å². The van der Waals surface area contributed by atoms with Crippen molar-refractivity contribution < 1.29 is 43.9 Å². The number of hydrogen-bond donors (Lipinski definition) is 4. The van der Waals surface area contributed by atoms with Crippen LogP contribution in [0, 0.1) is 17.8 Å². The average molecular weight is 706 g/mol. The molecule has 0 saturated carbocycles. The number of aliphatic hydroxyl groups is 3. The highest BCUT2D eigenvalue weighted by molar-refractivity contribution is 5.94. The average Bonchev–Trinajstić information content (AvgIpc) is 3.44. The van der Waals surface area contributed by atoms with Gasteiger partial charge in [-0.1, -0.05) is 82.2 Å². The number of rotatable bonds is 4.